The first kappa shape index (κ1) is 19.3. The summed E-state index contributed by atoms with van der Waals surface area (Å²) in [6, 6.07) is 6.10. The van der Waals surface area contributed by atoms with Crippen LogP contribution in [0.1, 0.15) is 45.7 Å². The Morgan fingerprint density at radius 3 is 2.35 bits per heavy atom. The highest BCUT2D eigenvalue weighted by molar-refractivity contribution is 5.68. The third kappa shape index (κ3) is 7.37. The van der Waals surface area contributed by atoms with Crippen LogP contribution in [0.2, 0.25) is 0 Å². The van der Waals surface area contributed by atoms with Crippen molar-refractivity contribution >= 4 is 6.09 Å². The zero-order chi connectivity index (χ0) is 17.7. The summed E-state index contributed by atoms with van der Waals surface area (Å²) in [7, 11) is 1.67. The van der Waals surface area contributed by atoms with Gasteiger partial charge in [-0.05, 0) is 58.7 Å². The van der Waals surface area contributed by atoms with Crippen molar-refractivity contribution in [1.29, 1.82) is 0 Å². The number of hydrogen-bond acceptors (Lipinski definition) is 4. The fourth-order valence-corrected chi connectivity index (χ4v) is 2.19. The van der Waals surface area contributed by atoms with Crippen molar-refractivity contribution in [3.63, 3.8) is 0 Å². The normalized spacial score (nSPS) is 12.0. The molecule has 2 N–H and O–H groups in total. The van der Waals surface area contributed by atoms with Gasteiger partial charge in [-0.1, -0.05) is 12.1 Å². The molecule has 0 aliphatic heterocycles. The minimum absolute atomic E-state index is 0.399. The summed E-state index contributed by atoms with van der Waals surface area (Å²) >= 11 is 0. The van der Waals surface area contributed by atoms with Gasteiger partial charge in [0.1, 0.15) is 11.4 Å². The van der Waals surface area contributed by atoms with Gasteiger partial charge >= 0.3 is 6.09 Å². The van der Waals surface area contributed by atoms with E-state index < -0.39 is 17.2 Å². The highest BCUT2D eigenvalue weighted by Gasteiger charge is 2.24. The summed E-state index contributed by atoms with van der Waals surface area (Å²) in [6.07, 6.45) is -0.399. The maximum absolute atomic E-state index is 11.8. The average Bonchev–Trinajstić information content (AvgIpc) is 2.35. The quantitative estimate of drug-likeness (QED) is 0.843. The summed E-state index contributed by atoms with van der Waals surface area (Å²) < 4.78 is 10.5. The molecule has 0 atom stereocenters. The van der Waals surface area contributed by atoms with Crippen LogP contribution in [0.3, 0.4) is 0 Å². The fourth-order valence-electron chi connectivity index (χ4n) is 2.19. The van der Waals surface area contributed by atoms with Crippen LogP contribution in [0.4, 0.5) is 4.79 Å². The molecule has 0 aromatic heterocycles. The lowest BCUT2D eigenvalue weighted by molar-refractivity contribution is 0.0472. The molecular formula is C18H30N2O3. The summed E-state index contributed by atoms with van der Waals surface area (Å²) in [6.45, 7) is 12.9. The Morgan fingerprint density at radius 1 is 1.17 bits per heavy atom. The number of amides is 1. The zero-order valence-electron chi connectivity index (χ0n) is 15.4. The van der Waals surface area contributed by atoms with Crippen molar-refractivity contribution < 1.29 is 14.3 Å². The molecule has 0 saturated heterocycles. The molecule has 0 heterocycles. The van der Waals surface area contributed by atoms with Gasteiger partial charge in [0, 0.05) is 13.1 Å². The Balaban J connectivity index is 2.47. The SMILES string of the molecule is COc1ccc(CNCC(C)(C)NC(=O)OC(C)(C)C)cc1C. The van der Waals surface area contributed by atoms with Gasteiger partial charge in [0.05, 0.1) is 12.6 Å². The number of rotatable bonds is 6. The molecule has 0 fully saturated rings. The number of carbonyl (C=O) groups excluding carboxylic acids is 1. The number of aryl methyl sites for hydroxylation is 1. The molecule has 1 aromatic rings. The van der Waals surface area contributed by atoms with E-state index in [0.29, 0.717) is 6.54 Å². The van der Waals surface area contributed by atoms with E-state index in [1.165, 1.54) is 5.56 Å². The van der Waals surface area contributed by atoms with Gasteiger partial charge in [-0.3, -0.25) is 0 Å². The van der Waals surface area contributed by atoms with Gasteiger partial charge in [-0.2, -0.15) is 0 Å². The molecular weight excluding hydrogens is 292 g/mol. The van der Waals surface area contributed by atoms with Crippen molar-refractivity contribution in [2.75, 3.05) is 13.7 Å². The first-order valence-corrected chi connectivity index (χ1v) is 7.88. The van der Waals surface area contributed by atoms with Crippen LogP contribution in [0.5, 0.6) is 5.75 Å². The van der Waals surface area contributed by atoms with E-state index in [4.69, 9.17) is 9.47 Å². The van der Waals surface area contributed by atoms with Crippen LogP contribution in [-0.4, -0.2) is 30.9 Å². The third-order valence-corrected chi connectivity index (χ3v) is 3.19. The van der Waals surface area contributed by atoms with Crippen LogP contribution in [-0.2, 0) is 11.3 Å². The minimum Gasteiger partial charge on any atom is -0.496 e. The Hall–Kier alpha value is -1.75. The molecule has 1 rings (SSSR count). The number of nitrogens with one attached hydrogen (secondary N) is 2. The molecule has 1 aromatic carbocycles. The topological polar surface area (TPSA) is 59.6 Å². The first-order chi connectivity index (χ1) is 10.5. The van der Waals surface area contributed by atoms with Crippen molar-refractivity contribution in [3.05, 3.63) is 29.3 Å². The summed E-state index contributed by atoms with van der Waals surface area (Å²) in [4.78, 5) is 11.8. The molecule has 0 bridgehead atoms. The number of methoxy groups -OCH3 is 1. The van der Waals surface area contributed by atoms with Crippen molar-refractivity contribution in [2.24, 2.45) is 0 Å². The fraction of sp³-hybridized carbons (Fsp3) is 0.611. The molecule has 0 radical (unpaired) electrons. The second-order valence-corrected chi connectivity index (χ2v) is 7.42. The lowest BCUT2D eigenvalue weighted by atomic mass is 10.1. The van der Waals surface area contributed by atoms with Crippen LogP contribution < -0.4 is 15.4 Å². The number of carbonyl (C=O) groups is 1. The first-order valence-electron chi connectivity index (χ1n) is 7.88. The van der Waals surface area contributed by atoms with E-state index in [1.807, 2.05) is 53.7 Å². The molecule has 0 aliphatic rings. The van der Waals surface area contributed by atoms with Gasteiger partial charge in [0.15, 0.2) is 0 Å². The van der Waals surface area contributed by atoms with E-state index >= 15 is 0 Å². The van der Waals surface area contributed by atoms with E-state index in [0.717, 1.165) is 17.9 Å². The molecule has 130 valence electrons. The second-order valence-electron chi connectivity index (χ2n) is 7.42. The van der Waals surface area contributed by atoms with E-state index in [-0.39, 0.29) is 0 Å². The van der Waals surface area contributed by atoms with Crippen molar-refractivity contribution in [3.8, 4) is 5.75 Å². The average molecular weight is 322 g/mol. The maximum Gasteiger partial charge on any atom is 0.408 e. The second kappa shape index (κ2) is 7.68. The predicted molar refractivity (Wildman–Crippen MR) is 92.9 cm³/mol. The standard InChI is InChI=1S/C18H30N2O3/c1-13-10-14(8-9-15(13)22-7)11-19-12-18(5,6)20-16(21)23-17(2,3)4/h8-10,19H,11-12H2,1-7H3,(H,20,21). The molecule has 0 unspecified atom stereocenters. The minimum atomic E-state index is -0.492. The summed E-state index contributed by atoms with van der Waals surface area (Å²) in [5.41, 5.74) is 1.40. The van der Waals surface area contributed by atoms with Crippen LogP contribution in [0, 0.1) is 6.92 Å². The van der Waals surface area contributed by atoms with Gasteiger partial charge in [0.25, 0.3) is 0 Å². The Labute approximate surface area is 139 Å². The highest BCUT2D eigenvalue weighted by Crippen LogP contribution is 2.18. The molecule has 0 spiro atoms. The smallest absolute Gasteiger partial charge is 0.408 e. The summed E-state index contributed by atoms with van der Waals surface area (Å²) in [5, 5.41) is 6.25. The third-order valence-electron chi connectivity index (χ3n) is 3.19. The van der Waals surface area contributed by atoms with Crippen LogP contribution in [0.15, 0.2) is 18.2 Å². The van der Waals surface area contributed by atoms with Gasteiger partial charge < -0.3 is 20.1 Å². The molecule has 23 heavy (non-hydrogen) atoms. The Bertz CT molecular complexity index is 534. The molecule has 0 saturated carbocycles. The highest BCUT2D eigenvalue weighted by atomic mass is 16.6. The van der Waals surface area contributed by atoms with Crippen molar-refractivity contribution in [1.82, 2.24) is 10.6 Å². The molecule has 1 amide bonds. The van der Waals surface area contributed by atoms with E-state index in [9.17, 15) is 4.79 Å². The number of hydrogen-bond donors (Lipinski definition) is 2. The summed E-state index contributed by atoms with van der Waals surface area (Å²) in [5.74, 6) is 0.890. The van der Waals surface area contributed by atoms with Gasteiger partial charge in [-0.25, -0.2) is 4.79 Å². The molecule has 5 nitrogen and oxygen atoms in total. The van der Waals surface area contributed by atoms with Gasteiger partial charge in [-0.15, -0.1) is 0 Å². The predicted octanol–water partition coefficient (Wildman–Crippen LogP) is 3.40. The lowest BCUT2D eigenvalue weighted by Crippen LogP contribution is -2.51. The lowest BCUT2D eigenvalue weighted by Gasteiger charge is -2.29. The largest absolute Gasteiger partial charge is 0.496 e. The Morgan fingerprint density at radius 2 is 1.83 bits per heavy atom. The number of ether oxygens (including phenoxy) is 2. The number of benzene rings is 1. The monoisotopic (exact) mass is 322 g/mol. The van der Waals surface area contributed by atoms with Crippen LogP contribution >= 0.6 is 0 Å². The van der Waals surface area contributed by atoms with Gasteiger partial charge in [0.2, 0.25) is 0 Å². The number of alkyl carbamates (subject to hydrolysis) is 1. The van der Waals surface area contributed by atoms with E-state index in [2.05, 4.69) is 16.7 Å². The molecule has 5 heteroatoms. The van der Waals surface area contributed by atoms with Crippen LogP contribution in [0.25, 0.3) is 0 Å². The van der Waals surface area contributed by atoms with Crippen molar-refractivity contribution in [2.45, 2.75) is 59.2 Å². The van der Waals surface area contributed by atoms with E-state index in [1.54, 1.807) is 7.11 Å². The molecule has 0 aliphatic carbocycles. The Kier molecular flexibility index (Phi) is 6.45. The maximum atomic E-state index is 11.8. The zero-order valence-corrected chi connectivity index (χ0v) is 15.4.